The number of nitrogens with zero attached hydrogens (tertiary/aromatic N) is 2. The number of fused-ring (bicyclic) bond motifs is 1. The number of nitrogen functional groups attached to an aromatic ring is 1. The normalized spacial score (nSPS) is 13.1. The van der Waals surface area contributed by atoms with Crippen LogP contribution in [0.1, 0.15) is 27.0 Å². The molecule has 200 valence electrons. The van der Waals surface area contributed by atoms with E-state index >= 15 is 0 Å². The Labute approximate surface area is 232 Å². The number of benzene rings is 3. The lowest BCUT2D eigenvalue weighted by molar-refractivity contribution is 0.0533. The number of allylic oxidation sites excluding steroid dienone is 1. The maximum Gasteiger partial charge on any atom is 0.194 e. The van der Waals surface area contributed by atoms with Crippen molar-refractivity contribution in [2.75, 3.05) is 18.9 Å². The van der Waals surface area contributed by atoms with Crippen molar-refractivity contribution in [1.29, 1.82) is 0 Å². The second kappa shape index (κ2) is 11.0. The number of aliphatic hydroxyl groups is 2. The summed E-state index contributed by atoms with van der Waals surface area (Å²) in [4.78, 5) is 13.4. The molecule has 0 spiro atoms. The van der Waals surface area contributed by atoms with Crippen LogP contribution >= 0.6 is 15.9 Å². The quantitative estimate of drug-likeness (QED) is 0.233. The maximum atomic E-state index is 14.0. The van der Waals surface area contributed by atoms with Crippen LogP contribution in [-0.4, -0.2) is 45.1 Å². The lowest BCUT2D eigenvalue weighted by atomic mass is 10.0. The summed E-state index contributed by atoms with van der Waals surface area (Å²) in [6.07, 6.45) is 2.66. The number of ketones is 1. The van der Waals surface area contributed by atoms with E-state index in [9.17, 15) is 14.3 Å². The number of hydrogen-bond donors (Lipinski definition) is 3. The first-order valence-electron chi connectivity index (χ1n) is 12.1. The summed E-state index contributed by atoms with van der Waals surface area (Å²) in [6, 6.07) is 15.1. The van der Waals surface area contributed by atoms with E-state index in [1.165, 1.54) is 16.9 Å². The van der Waals surface area contributed by atoms with Gasteiger partial charge in [-0.2, -0.15) is 5.10 Å². The second-order valence-corrected chi connectivity index (χ2v) is 10.00. The molecule has 0 saturated heterocycles. The third kappa shape index (κ3) is 5.44. The highest BCUT2D eigenvalue weighted by Crippen LogP contribution is 2.36. The van der Waals surface area contributed by atoms with Crippen molar-refractivity contribution in [2.45, 2.75) is 19.4 Å². The number of hydrogen-bond acceptors (Lipinski definition) is 7. The van der Waals surface area contributed by atoms with Gasteiger partial charge >= 0.3 is 0 Å². The predicted molar refractivity (Wildman–Crippen MR) is 148 cm³/mol. The molecule has 0 saturated carbocycles. The number of nitrogens with two attached hydrogens (primary N) is 1. The number of carbonyl (C=O) groups is 1. The van der Waals surface area contributed by atoms with Crippen LogP contribution in [0.15, 0.2) is 70.8 Å². The zero-order valence-electron chi connectivity index (χ0n) is 20.9. The van der Waals surface area contributed by atoms with Gasteiger partial charge in [0, 0.05) is 12.0 Å². The number of ether oxygens (including phenoxy) is 2. The Kier molecular flexibility index (Phi) is 7.51. The molecule has 0 radical (unpaired) electrons. The molecule has 1 atom stereocenters. The molecule has 10 heteroatoms. The van der Waals surface area contributed by atoms with E-state index in [-0.39, 0.29) is 29.5 Å². The third-order valence-corrected chi connectivity index (χ3v) is 6.97. The molecule has 1 heterocycles. The Balaban J connectivity index is 1.35. The first-order chi connectivity index (χ1) is 18.7. The van der Waals surface area contributed by atoms with Gasteiger partial charge < -0.3 is 25.4 Å². The summed E-state index contributed by atoms with van der Waals surface area (Å²) in [5.41, 5.74) is 10.3. The third-order valence-electron chi connectivity index (χ3n) is 6.35. The molecule has 1 aromatic heterocycles. The number of Topliss-reactive ketones (excluding diaryl/α,β-unsaturated/α-hetero) is 1. The predicted octanol–water partition coefficient (Wildman–Crippen LogP) is 5.01. The van der Waals surface area contributed by atoms with Crippen LogP contribution < -0.4 is 15.2 Å². The SMILES string of the molecule is Cc1cc(-n2ncc(C(=O)C3=Cc4cc(OC[C@H](O)CO)c(Br)cc4C3)c2N)ccc1Oc1ccccc1F. The van der Waals surface area contributed by atoms with E-state index in [0.717, 1.165) is 16.7 Å². The molecule has 0 aliphatic heterocycles. The molecule has 8 nitrogen and oxygen atoms in total. The first-order valence-corrected chi connectivity index (χ1v) is 12.9. The Morgan fingerprint density at radius 2 is 1.97 bits per heavy atom. The average Bonchev–Trinajstić information content (AvgIpc) is 3.52. The molecule has 4 aromatic rings. The Hall–Kier alpha value is -3.99. The zero-order valence-corrected chi connectivity index (χ0v) is 22.5. The van der Waals surface area contributed by atoms with E-state index in [0.29, 0.717) is 33.7 Å². The number of aromatic nitrogens is 2. The van der Waals surface area contributed by atoms with Crippen molar-refractivity contribution in [2.24, 2.45) is 0 Å². The molecular weight excluding hydrogens is 569 g/mol. The summed E-state index contributed by atoms with van der Waals surface area (Å²) < 4.78 is 27.5. The molecule has 39 heavy (non-hydrogen) atoms. The standard InChI is InChI=1S/C29H25BrFN3O5/c1-16-8-20(6-7-25(16)39-26-5-3-2-4-24(26)31)34-29(32)22(13-33-34)28(37)19-9-17-11-23(30)27(12-18(17)10-19)38-15-21(36)14-35/h2-8,10-13,21,35-36H,9,14-15,32H2,1H3/t21-/m1/s1. The van der Waals surface area contributed by atoms with Gasteiger partial charge in [0.25, 0.3) is 0 Å². The molecular formula is C29H25BrFN3O5. The van der Waals surface area contributed by atoms with Crippen LogP contribution in [0.25, 0.3) is 11.8 Å². The smallest absolute Gasteiger partial charge is 0.194 e. The molecule has 3 aromatic carbocycles. The topological polar surface area (TPSA) is 120 Å². The monoisotopic (exact) mass is 593 g/mol. The molecule has 0 unspecified atom stereocenters. The Morgan fingerprint density at radius 3 is 2.72 bits per heavy atom. The molecule has 0 fully saturated rings. The number of para-hydroxylation sites is 1. The molecule has 4 N–H and O–H groups in total. The lowest BCUT2D eigenvalue weighted by Gasteiger charge is -2.12. The molecule has 0 amide bonds. The molecule has 1 aliphatic rings. The largest absolute Gasteiger partial charge is 0.490 e. The molecule has 5 rings (SSSR count). The van der Waals surface area contributed by atoms with E-state index < -0.39 is 18.5 Å². The number of rotatable bonds is 9. The highest BCUT2D eigenvalue weighted by molar-refractivity contribution is 9.10. The van der Waals surface area contributed by atoms with Gasteiger partial charge in [0.1, 0.15) is 30.0 Å². The van der Waals surface area contributed by atoms with Gasteiger partial charge in [-0.1, -0.05) is 12.1 Å². The number of carbonyl (C=O) groups excluding carboxylic acids is 1. The Morgan fingerprint density at radius 1 is 1.18 bits per heavy atom. The fourth-order valence-electron chi connectivity index (χ4n) is 4.27. The number of aryl methyl sites for hydroxylation is 1. The fourth-order valence-corrected chi connectivity index (χ4v) is 4.78. The van der Waals surface area contributed by atoms with Crippen molar-refractivity contribution in [3.8, 4) is 22.9 Å². The number of aliphatic hydroxyl groups excluding tert-OH is 2. The van der Waals surface area contributed by atoms with Crippen LogP contribution in [0.4, 0.5) is 10.2 Å². The van der Waals surface area contributed by atoms with Crippen LogP contribution in [0.5, 0.6) is 17.2 Å². The van der Waals surface area contributed by atoms with Gasteiger partial charge in [-0.25, -0.2) is 9.07 Å². The minimum Gasteiger partial charge on any atom is -0.490 e. The van der Waals surface area contributed by atoms with Crippen LogP contribution in [-0.2, 0) is 6.42 Å². The average molecular weight is 594 g/mol. The van der Waals surface area contributed by atoms with Crippen LogP contribution in [0, 0.1) is 12.7 Å². The zero-order chi connectivity index (χ0) is 27.7. The second-order valence-electron chi connectivity index (χ2n) is 9.14. The highest BCUT2D eigenvalue weighted by atomic mass is 79.9. The van der Waals surface area contributed by atoms with E-state index in [4.69, 9.17) is 20.3 Å². The summed E-state index contributed by atoms with van der Waals surface area (Å²) in [6.45, 7) is 1.36. The minimum atomic E-state index is -0.989. The van der Waals surface area contributed by atoms with Crippen molar-refractivity contribution in [1.82, 2.24) is 9.78 Å². The molecule has 1 aliphatic carbocycles. The van der Waals surface area contributed by atoms with Gasteiger partial charge in [-0.3, -0.25) is 4.79 Å². The summed E-state index contributed by atoms with van der Waals surface area (Å²) in [5.74, 6) is 0.610. The van der Waals surface area contributed by atoms with Crippen molar-refractivity contribution in [3.05, 3.63) is 98.9 Å². The lowest BCUT2D eigenvalue weighted by Crippen LogP contribution is -2.21. The van der Waals surface area contributed by atoms with Crippen LogP contribution in [0.3, 0.4) is 0 Å². The summed E-state index contributed by atoms with van der Waals surface area (Å²) in [5, 5.41) is 22.9. The Bertz CT molecular complexity index is 1600. The van der Waals surface area contributed by atoms with Crippen molar-refractivity contribution < 1.29 is 28.9 Å². The summed E-state index contributed by atoms with van der Waals surface area (Å²) in [7, 11) is 0. The van der Waals surface area contributed by atoms with E-state index in [1.54, 1.807) is 48.5 Å². The minimum absolute atomic E-state index is 0.0607. The van der Waals surface area contributed by atoms with Gasteiger partial charge in [-0.05, 0) is 88.1 Å². The van der Waals surface area contributed by atoms with Crippen LogP contribution in [0.2, 0.25) is 0 Å². The maximum absolute atomic E-state index is 14.0. The van der Waals surface area contributed by atoms with E-state index in [1.807, 2.05) is 13.0 Å². The highest BCUT2D eigenvalue weighted by Gasteiger charge is 2.25. The van der Waals surface area contributed by atoms with E-state index in [2.05, 4.69) is 21.0 Å². The number of anilines is 1. The van der Waals surface area contributed by atoms with Crippen molar-refractivity contribution in [3.63, 3.8) is 0 Å². The van der Waals surface area contributed by atoms with Gasteiger partial charge in [0.15, 0.2) is 17.3 Å². The van der Waals surface area contributed by atoms with Gasteiger partial charge in [-0.15, -0.1) is 0 Å². The van der Waals surface area contributed by atoms with Crippen molar-refractivity contribution >= 4 is 33.6 Å². The fraction of sp³-hybridized carbons (Fsp3) is 0.172. The molecule has 0 bridgehead atoms. The number of halogens is 2. The van der Waals surface area contributed by atoms with Gasteiger partial charge in [0.05, 0.1) is 28.5 Å². The first kappa shape index (κ1) is 26.6. The van der Waals surface area contributed by atoms with Gasteiger partial charge in [0.2, 0.25) is 0 Å². The summed E-state index contributed by atoms with van der Waals surface area (Å²) >= 11 is 3.46.